The molecule has 2 aromatic carbocycles. The third kappa shape index (κ3) is 7.51. The molecular formula is C39H47N5O2. The molecular weight excluding hydrogens is 570 g/mol. The second-order valence-electron chi connectivity index (χ2n) is 12.9. The number of carbonyl (C=O) groups excluding carboxylic acids is 1. The molecule has 0 bridgehead atoms. The minimum atomic E-state index is -0.446. The maximum Gasteiger partial charge on any atom is 0.323 e. The number of amides is 2. The Hall–Kier alpha value is -4.41. The molecule has 1 aliphatic rings. The van der Waals surface area contributed by atoms with E-state index >= 15 is 0 Å². The minimum Gasteiger partial charge on any atom is -0.307 e. The molecule has 3 heterocycles. The summed E-state index contributed by atoms with van der Waals surface area (Å²) < 4.78 is 1.71. The summed E-state index contributed by atoms with van der Waals surface area (Å²) in [6, 6.07) is 17.5. The Morgan fingerprint density at radius 1 is 0.913 bits per heavy atom. The van der Waals surface area contributed by atoms with Crippen molar-refractivity contribution in [1.82, 2.24) is 14.5 Å². The highest BCUT2D eigenvalue weighted by molar-refractivity contribution is 6.07. The highest BCUT2D eigenvalue weighted by atomic mass is 16.2. The van der Waals surface area contributed by atoms with Gasteiger partial charge in [-0.05, 0) is 85.1 Å². The van der Waals surface area contributed by atoms with E-state index in [0.29, 0.717) is 17.8 Å². The van der Waals surface area contributed by atoms with Gasteiger partial charge in [0.05, 0.1) is 6.54 Å². The second-order valence-corrected chi connectivity index (χ2v) is 12.9. The molecule has 240 valence electrons. The van der Waals surface area contributed by atoms with E-state index in [9.17, 15) is 9.59 Å². The van der Waals surface area contributed by atoms with Crippen LogP contribution in [0.5, 0.6) is 0 Å². The first kappa shape index (κ1) is 33.0. The third-order valence-corrected chi connectivity index (χ3v) is 8.74. The van der Waals surface area contributed by atoms with Crippen LogP contribution in [-0.4, -0.2) is 40.1 Å². The van der Waals surface area contributed by atoms with Gasteiger partial charge in [0.25, 0.3) is 5.56 Å². The first-order chi connectivity index (χ1) is 22.3. The zero-order valence-electron chi connectivity index (χ0n) is 28.0. The number of fused-ring (bicyclic) bond motifs is 1. The number of benzene rings is 2. The van der Waals surface area contributed by atoms with Gasteiger partial charge in [-0.25, -0.2) is 9.78 Å². The lowest BCUT2D eigenvalue weighted by molar-refractivity contribution is 0.262. The Morgan fingerprint density at radius 3 is 2.30 bits per heavy atom. The lowest BCUT2D eigenvalue weighted by Crippen LogP contribution is -2.30. The van der Waals surface area contributed by atoms with Crippen LogP contribution in [0.1, 0.15) is 95.2 Å². The normalized spacial score (nSPS) is 13.3. The summed E-state index contributed by atoms with van der Waals surface area (Å²) in [6.07, 6.45) is 7.05. The number of hydrogen-bond donors (Lipinski definition) is 2. The van der Waals surface area contributed by atoms with Gasteiger partial charge in [-0.15, -0.1) is 0 Å². The Balaban J connectivity index is 1.61. The Kier molecular flexibility index (Phi) is 10.9. The standard InChI is InChI=1S/C39H47N5O2/c1-6-7-8-25-44-37-33(20-13-21-40-37)34(30-17-11-15-29(26-30)16-14-24-43-22-9-10-23-43)36(38(44)45)42-39(46)41-35-31(27(2)3)18-12-19-32(35)28(4)5/h11-13,15,17-21,26-28H,6-10,22-25H2,1-5H3,(H2,41,42,46). The summed E-state index contributed by atoms with van der Waals surface area (Å²) >= 11 is 0. The predicted molar refractivity (Wildman–Crippen MR) is 191 cm³/mol. The number of para-hydroxylation sites is 1. The van der Waals surface area contributed by atoms with E-state index in [0.717, 1.165) is 72.2 Å². The Morgan fingerprint density at radius 2 is 1.61 bits per heavy atom. The summed E-state index contributed by atoms with van der Waals surface area (Å²) in [7, 11) is 0. The molecule has 2 N–H and O–H groups in total. The van der Waals surface area contributed by atoms with Crippen molar-refractivity contribution in [2.24, 2.45) is 0 Å². The Bertz CT molecular complexity index is 1780. The van der Waals surface area contributed by atoms with Gasteiger partial charge in [0.2, 0.25) is 0 Å². The van der Waals surface area contributed by atoms with Crippen molar-refractivity contribution < 1.29 is 4.79 Å². The van der Waals surface area contributed by atoms with Crippen LogP contribution >= 0.6 is 0 Å². The highest BCUT2D eigenvalue weighted by Gasteiger charge is 2.23. The number of pyridine rings is 2. The van der Waals surface area contributed by atoms with Crippen LogP contribution in [0.25, 0.3) is 22.2 Å². The number of aromatic nitrogens is 2. The van der Waals surface area contributed by atoms with Crippen LogP contribution in [0.4, 0.5) is 16.2 Å². The number of nitrogens with zero attached hydrogens (tertiary/aromatic N) is 3. The average molecular weight is 618 g/mol. The van der Waals surface area contributed by atoms with Crippen molar-refractivity contribution in [1.29, 1.82) is 0 Å². The number of nitrogens with one attached hydrogen (secondary N) is 2. The van der Waals surface area contributed by atoms with Gasteiger partial charge in [0, 0.05) is 34.9 Å². The highest BCUT2D eigenvalue weighted by Crippen LogP contribution is 2.35. The van der Waals surface area contributed by atoms with Gasteiger partial charge < -0.3 is 10.6 Å². The first-order valence-electron chi connectivity index (χ1n) is 16.8. The Labute approximate surface area is 273 Å². The summed E-state index contributed by atoms with van der Waals surface area (Å²) in [4.78, 5) is 35.3. The van der Waals surface area contributed by atoms with Gasteiger partial charge in [0.15, 0.2) is 0 Å². The van der Waals surface area contributed by atoms with Crippen molar-refractivity contribution in [2.45, 2.75) is 85.1 Å². The second kappa shape index (κ2) is 15.2. The molecule has 1 fully saturated rings. The molecule has 7 heteroatoms. The molecule has 7 nitrogen and oxygen atoms in total. The predicted octanol–water partition coefficient (Wildman–Crippen LogP) is 8.59. The molecule has 1 aliphatic heterocycles. The average Bonchev–Trinajstić information content (AvgIpc) is 3.56. The molecule has 0 saturated carbocycles. The largest absolute Gasteiger partial charge is 0.323 e. The van der Waals surface area contributed by atoms with Gasteiger partial charge in [0.1, 0.15) is 11.3 Å². The van der Waals surface area contributed by atoms with Crippen molar-refractivity contribution in [2.75, 3.05) is 30.3 Å². The molecule has 0 atom stereocenters. The number of hydrogen-bond acceptors (Lipinski definition) is 4. The SMILES string of the molecule is CCCCCn1c(=O)c(NC(=O)Nc2c(C(C)C)cccc2C(C)C)c(-c2cccc(C#CCN3CCCC3)c2)c2cccnc21. The first-order valence-corrected chi connectivity index (χ1v) is 16.8. The number of unbranched alkanes of at least 4 members (excludes halogenated alkanes) is 2. The number of likely N-dealkylation sites (tertiary alicyclic amines) is 1. The van der Waals surface area contributed by atoms with Gasteiger partial charge >= 0.3 is 6.03 Å². The van der Waals surface area contributed by atoms with E-state index in [1.54, 1.807) is 10.8 Å². The fourth-order valence-corrected chi connectivity index (χ4v) is 6.32. The molecule has 0 radical (unpaired) electrons. The number of carbonyl (C=O) groups is 1. The van der Waals surface area contributed by atoms with Crippen molar-refractivity contribution in [3.8, 4) is 23.0 Å². The quantitative estimate of drug-likeness (QED) is 0.138. The number of rotatable bonds is 10. The fraction of sp³-hybridized carbons (Fsp3) is 0.410. The molecule has 0 unspecified atom stereocenters. The lowest BCUT2D eigenvalue weighted by atomic mass is 9.93. The molecule has 0 aliphatic carbocycles. The van der Waals surface area contributed by atoms with E-state index in [4.69, 9.17) is 0 Å². The molecule has 46 heavy (non-hydrogen) atoms. The summed E-state index contributed by atoms with van der Waals surface area (Å²) in [6.45, 7) is 14.1. The van der Waals surface area contributed by atoms with Crippen molar-refractivity contribution >= 4 is 28.4 Å². The van der Waals surface area contributed by atoms with E-state index in [-0.39, 0.29) is 23.1 Å². The van der Waals surface area contributed by atoms with Crippen LogP contribution in [0.15, 0.2) is 65.6 Å². The van der Waals surface area contributed by atoms with E-state index < -0.39 is 6.03 Å². The topological polar surface area (TPSA) is 79.3 Å². The van der Waals surface area contributed by atoms with Crippen LogP contribution in [0.2, 0.25) is 0 Å². The fourth-order valence-electron chi connectivity index (χ4n) is 6.32. The number of anilines is 2. The van der Waals surface area contributed by atoms with Gasteiger partial charge in [-0.2, -0.15) is 0 Å². The maximum absolute atomic E-state index is 14.4. The third-order valence-electron chi connectivity index (χ3n) is 8.74. The smallest absolute Gasteiger partial charge is 0.307 e. The number of urea groups is 1. The van der Waals surface area contributed by atoms with Crippen LogP contribution in [0, 0.1) is 11.8 Å². The summed E-state index contributed by atoms with van der Waals surface area (Å²) in [5.41, 5.74) is 5.83. The molecule has 2 amide bonds. The van der Waals surface area contributed by atoms with E-state index in [2.05, 4.69) is 79.1 Å². The zero-order valence-corrected chi connectivity index (χ0v) is 28.0. The van der Waals surface area contributed by atoms with Crippen molar-refractivity contribution in [3.63, 3.8) is 0 Å². The van der Waals surface area contributed by atoms with E-state index in [1.165, 1.54) is 12.8 Å². The summed E-state index contributed by atoms with van der Waals surface area (Å²) in [5.74, 6) is 7.07. The molecule has 5 rings (SSSR count). The summed E-state index contributed by atoms with van der Waals surface area (Å²) in [5, 5.41) is 6.98. The molecule has 2 aromatic heterocycles. The van der Waals surface area contributed by atoms with Crippen molar-refractivity contribution in [3.05, 3.63) is 87.8 Å². The molecule has 4 aromatic rings. The lowest BCUT2D eigenvalue weighted by Gasteiger charge is -2.22. The van der Waals surface area contributed by atoms with Crippen LogP contribution in [0.3, 0.4) is 0 Å². The van der Waals surface area contributed by atoms with Gasteiger partial charge in [-0.1, -0.05) is 89.6 Å². The minimum absolute atomic E-state index is 0.210. The van der Waals surface area contributed by atoms with Crippen LogP contribution in [-0.2, 0) is 6.54 Å². The monoisotopic (exact) mass is 617 g/mol. The van der Waals surface area contributed by atoms with E-state index in [1.807, 2.05) is 42.5 Å². The zero-order chi connectivity index (χ0) is 32.6. The molecule has 1 saturated heterocycles. The van der Waals surface area contributed by atoms with Gasteiger partial charge in [-0.3, -0.25) is 14.3 Å². The number of aryl methyl sites for hydroxylation is 1. The van der Waals surface area contributed by atoms with Crippen LogP contribution < -0.4 is 16.2 Å². The maximum atomic E-state index is 14.4. The molecule has 0 spiro atoms.